The second-order valence-electron chi connectivity index (χ2n) is 4.66. The zero-order valence-electron chi connectivity index (χ0n) is 11.6. The number of hydrogen-bond donors (Lipinski definition) is 6. The largest absolute Gasteiger partial charge is 0.358 e. The summed E-state index contributed by atoms with van der Waals surface area (Å²) in [5, 5.41) is 60.9. The summed E-state index contributed by atoms with van der Waals surface area (Å²) in [6, 6.07) is 0. The molecule has 0 atom stereocenters. The Morgan fingerprint density at radius 3 is 1.65 bits per heavy atom. The van der Waals surface area contributed by atoms with E-state index in [1.165, 1.54) is 19.9 Å². The molecular formula is C14H20O6. The van der Waals surface area contributed by atoms with Gasteiger partial charge in [-0.05, 0) is 20.8 Å². The lowest BCUT2D eigenvalue weighted by Crippen LogP contribution is -2.56. The van der Waals surface area contributed by atoms with Gasteiger partial charge in [-0.25, -0.2) is 0 Å². The van der Waals surface area contributed by atoms with Crippen molar-refractivity contribution in [2.75, 3.05) is 0 Å². The molecule has 6 N–H and O–H groups in total. The molecule has 0 saturated carbocycles. The molecule has 0 fully saturated rings. The maximum Gasteiger partial charge on any atom is 0.250 e. The van der Waals surface area contributed by atoms with Crippen LogP contribution in [0.25, 0.3) is 0 Å². The Hall–Kier alpha value is -1.28. The normalized spacial score (nSPS) is 28.6. The first kappa shape index (κ1) is 16.8. The maximum atomic E-state index is 10.3. The Kier molecular flexibility index (Phi) is 4.13. The van der Waals surface area contributed by atoms with Crippen molar-refractivity contribution in [2.24, 2.45) is 0 Å². The van der Waals surface area contributed by atoms with Crippen molar-refractivity contribution < 1.29 is 30.6 Å². The molecule has 6 heteroatoms. The van der Waals surface area contributed by atoms with Gasteiger partial charge in [-0.3, -0.25) is 0 Å². The summed E-state index contributed by atoms with van der Waals surface area (Å²) in [5.74, 6) is -8.86. The summed E-state index contributed by atoms with van der Waals surface area (Å²) in [6.07, 6.45) is 3.43. The van der Waals surface area contributed by atoms with Crippen LogP contribution in [0.3, 0.4) is 0 Å². The highest BCUT2D eigenvalue weighted by Crippen LogP contribution is 2.45. The SMILES string of the molecule is C=CC1=C(C)C(O)(O)C(O)(O)C(=C/C)/C(=C\C)C1(O)O. The molecule has 0 heterocycles. The third-order valence-corrected chi connectivity index (χ3v) is 3.61. The Morgan fingerprint density at radius 2 is 1.30 bits per heavy atom. The van der Waals surface area contributed by atoms with Gasteiger partial charge in [-0.2, -0.15) is 0 Å². The number of rotatable bonds is 1. The van der Waals surface area contributed by atoms with Crippen molar-refractivity contribution in [3.8, 4) is 0 Å². The summed E-state index contributed by atoms with van der Waals surface area (Å²) >= 11 is 0. The first-order chi connectivity index (χ1) is 8.99. The molecule has 0 spiro atoms. The Labute approximate surface area is 116 Å². The van der Waals surface area contributed by atoms with Crippen molar-refractivity contribution in [2.45, 2.75) is 38.1 Å². The van der Waals surface area contributed by atoms with Gasteiger partial charge in [0, 0.05) is 22.3 Å². The second-order valence-corrected chi connectivity index (χ2v) is 4.66. The number of hydrogen-bond acceptors (Lipinski definition) is 6. The molecule has 1 rings (SSSR count). The van der Waals surface area contributed by atoms with Gasteiger partial charge in [0.05, 0.1) is 0 Å². The van der Waals surface area contributed by atoms with Crippen LogP contribution >= 0.6 is 0 Å². The smallest absolute Gasteiger partial charge is 0.250 e. The van der Waals surface area contributed by atoms with Crippen LogP contribution in [0.4, 0.5) is 0 Å². The Balaban J connectivity index is 3.91. The summed E-state index contributed by atoms with van der Waals surface area (Å²) in [6.45, 7) is 7.39. The van der Waals surface area contributed by atoms with Crippen LogP contribution in [0.2, 0.25) is 0 Å². The van der Waals surface area contributed by atoms with E-state index in [9.17, 15) is 30.6 Å². The van der Waals surface area contributed by atoms with E-state index in [1.54, 1.807) is 0 Å². The second kappa shape index (κ2) is 4.92. The van der Waals surface area contributed by atoms with Crippen LogP contribution in [0.1, 0.15) is 20.8 Å². The van der Waals surface area contributed by atoms with Gasteiger partial charge < -0.3 is 30.6 Å². The molecule has 0 radical (unpaired) electrons. The molecule has 0 saturated heterocycles. The van der Waals surface area contributed by atoms with Crippen LogP contribution < -0.4 is 0 Å². The highest BCUT2D eigenvalue weighted by molar-refractivity contribution is 5.55. The number of aliphatic hydroxyl groups is 6. The molecule has 0 aliphatic heterocycles. The fourth-order valence-electron chi connectivity index (χ4n) is 2.43. The highest BCUT2D eigenvalue weighted by atomic mass is 16.6. The molecule has 1 aliphatic rings. The van der Waals surface area contributed by atoms with Crippen molar-refractivity contribution in [3.63, 3.8) is 0 Å². The van der Waals surface area contributed by atoms with Crippen molar-refractivity contribution in [1.82, 2.24) is 0 Å². The Bertz CT molecular complexity index is 520. The van der Waals surface area contributed by atoms with Gasteiger partial charge in [-0.15, -0.1) is 0 Å². The van der Waals surface area contributed by atoms with Crippen LogP contribution in [0.5, 0.6) is 0 Å². The average Bonchev–Trinajstić information content (AvgIpc) is 2.36. The van der Waals surface area contributed by atoms with E-state index < -0.39 is 28.5 Å². The third-order valence-electron chi connectivity index (χ3n) is 3.61. The van der Waals surface area contributed by atoms with Crippen molar-refractivity contribution in [3.05, 3.63) is 47.1 Å². The van der Waals surface area contributed by atoms with Gasteiger partial charge in [-0.1, -0.05) is 24.8 Å². The summed E-state index contributed by atoms with van der Waals surface area (Å²) in [7, 11) is 0. The zero-order chi connectivity index (χ0) is 15.9. The topological polar surface area (TPSA) is 121 Å². The maximum absolute atomic E-state index is 10.3. The zero-order valence-corrected chi connectivity index (χ0v) is 11.6. The van der Waals surface area contributed by atoms with Gasteiger partial charge in [0.25, 0.3) is 0 Å². The molecule has 6 nitrogen and oxygen atoms in total. The van der Waals surface area contributed by atoms with Gasteiger partial charge in [0.15, 0.2) is 0 Å². The summed E-state index contributed by atoms with van der Waals surface area (Å²) in [4.78, 5) is 0. The molecule has 112 valence electrons. The first-order valence-corrected chi connectivity index (χ1v) is 6.02. The van der Waals surface area contributed by atoms with Gasteiger partial charge in [0.2, 0.25) is 17.4 Å². The average molecular weight is 284 g/mol. The first-order valence-electron chi connectivity index (χ1n) is 6.02. The fraction of sp³-hybridized carbons (Fsp3) is 0.429. The van der Waals surface area contributed by atoms with E-state index in [1.807, 2.05) is 0 Å². The molecule has 1 aliphatic carbocycles. The molecular weight excluding hydrogens is 264 g/mol. The van der Waals surface area contributed by atoms with E-state index in [2.05, 4.69) is 6.58 Å². The number of allylic oxidation sites excluding steroid dienone is 2. The van der Waals surface area contributed by atoms with E-state index in [0.29, 0.717) is 0 Å². The standard InChI is InChI=1S/C14H20O6/c1-5-9-8(4)13(17,18)14(19,20)11(7-3)10(6-2)12(9,15)16/h5-7,15-20H,1H2,2-4H3/b10-6+,11-7+. The van der Waals surface area contributed by atoms with E-state index >= 15 is 0 Å². The van der Waals surface area contributed by atoms with E-state index in [-0.39, 0.29) is 11.1 Å². The molecule has 0 bridgehead atoms. The molecule has 0 unspecified atom stereocenters. The van der Waals surface area contributed by atoms with Gasteiger partial charge in [0.1, 0.15) is 0 Å². The van der Waals surface area contributed by atoms with Crippen LogP contribution in [0.15, 0.2) is 47.1 Å². The monoisotopic (exact) mass is 284 g/mol. The third kappa shape index (κ3) is 1.98. The van der Waals surface area contributed by atoms with Crippen molar-refractivity contribution >= 4 is 0 Å². The van der Waals surface area contributed by atoms with Crippen LogP contribution in [0, 0.1) is 0 Å². The minimum Gasteiger partial charge on any atom is -0.358 e. The minimum atomic E-state index is -3.12. The molecule has 0 aromatic carbocycles. The van der Waals surface area contributed by atoms with E-state index in [4.69, 9.17) is 0 Å². The van der Waals surface area contributed by atoms with Crippen LogP contribution in [-0.2, 0) is 0 Å². The lowest BCUT2D eigenvalue weighted by molar-refractivity contribution is -0.317. The van der Waals surface area contributed by atoms with Crippen LogP contribution in [-0.4, -0.2) is 48.0 Å². The predicted molar refractivity (Wildman–Crippen MR) is 71.9 cm³/mol. The molecule has 0 aromatic heterocycles. The summed E-state index contributed by atoms with van der Waals surface area (Å²) in [5.41, 5.74) is -1.46. The molecule has 0 aromatic rings. The highest BCUT2D eigenvalue weighted by Gasteiger charge is 2.58. The minimum absolute atomic E-state index is 0.274. The summed E-state index contributed by atoms with van der Waals surface area (Å²) < 4.78 is 0. The Morgan fingerprint density at radius 1 is 0.850 bits per heavy atom. The predicted octanol–water partition coefficient (Wildman–Crippen LogP) is -0.562. The quantitative estimate of drug-likeness (QED) is 0.359. The van der Waals surface area contributed by atoms with Crippen molar-refractivity contribution in [1.29, 1.82) is 0 Å². The molecule has 20 heavy (non-hydrogen) atoms. The van der Waals surface area contributed by atoms with E-state index in [0.717, 1.165) is 19.1 Å². The fourth-order valence-corrected chi connectivity index (χ4v) is 2.43. The lowest BCUT2D eigenvalue weighted by atomic mass is 9.88. The molecule has 0 amide bonds. The van der Waals surface area contributed by atoms with Gasteiger partial charge >= 0.3 is 0 Å². The lowest BCUT2D eigenvalue weighted by Gasteiger charge is -2.36.